The number of unbranched alkanes of at least 4 members (excludes halogenated alkanes) is 1. The van der Waals surface area contributed by atoms with Gasteiger partial charge in [-0.15, -0.1) is 0 Å². The molecule has 2 aromatic heterocycles. The van der Waals surface area contributed by atoms with Crippen LogP contribution in [-0.4, -0.2) is 27.0 Å². The van der Waals surface area contributed by atoms with E-state index in [9.17, 15) is 0 Å². The highest BCUT2D eigenvalue weighted by Crippen LogP contribution is 2.31. The van der Waals surface area contributed by atoms with Crippen molar-refractivity contribution in [2.75, 3.05) is 11.9 Å². The quantitative estimate of drug-likeness (QED) is 0.577. The topological polar surface area (TPSA) is 51.5 Å². The average Bonchev–Trinajstić information content (AvgIpc) is 3.08. The summed E-state index contributed by atoms with van der Waals surface area (Å²) in [7, 11) is 0. The summed E-state index contributed by atoms with van der Waals surface area (Å²) in [6.45, 7) is 2.94. The zero-order valence-electron chi connectivity index (χ0n) is 16.0. The summed E-state index contributed by atoms with van der Waals surface area (Å²) >= 11 is 0. The molecule has 4 rings (SSSR count). The van der Waals surface area contributed by atoms with Crippen molar-refractivity contribution in [3.05, 3.63) is 42.7 Å². The van der Waals surface area contributed by atoms with Crippen LogP contribution in [0.5, 0.6) is 5.75 Å². The van der Waals surface area contributed by atoms with Gasteiger partial charge < -0.3 is 10.1 Å². The van der Waals surface area contributed by atoms with Crippen molar-refractivity contribution in [1.82, 2.24) is 14.4 Å². The monoisotopic (exact) mass is 364 g/mol. The second kappa shape index (κ2) is 8.42. The van der Waals surface area contributed by atoms with E-state index in [4.69, 9.17) is 9.72 Å². The minimum absolute atomic E-state index is 0.509. The van der Waals surface area contributed by atoms with Crippen molar-refractivity contribution in [3.8, 4) is 17.0 Å². The highest BCUT2D eigenvalue weighted by Gasteiger charge is 2.20. The lowest BCUT2D eigenvalue weighted by Crippen LogP contribution is -2.23. The van der Waals surface area contributed by atoms with E-state index in [1.807, 2.05) is 24.4 Å². The Balaban J connectivity index is 1.63. The molecule has 1 N–H and O–H groups in total. The summed E-state index contributed by atoms with van der Waals surface area (Å²) in [5.41, 5.74) is 2.04. The van der Waals surface area contributed by atoms with E-state index in [1.54, 1.807) is 6.20 Å². The van der Waals surface area contributed by atoms with Crippen LogP contribution >= 0.6 is 0 Å². The maximum Gasteiger partial charge on any atom is 0.235 e. The van der Waals surface area contributed by atoms with Crippen molar-refractivity contribution in [1.29, 1.82) is 0 Å². The van der Waals surface area contributed by atoms with Crippen LogP contribution in [0.25, 0.3) is 17.0 Å². The number of nitrogens with one attached hydrogen (secondary N) is 1. The summed E-state index contributed by atoms with van der Waals surface area (Å²) in [4.78, 5) is 9.24. The van der Waals surface area contributed by atoms with Gasteiger partial charge in [0.15, 0.2) is 0 Å². The van der Waals surface area contributed by atoms with Crippen molar-refractivity contribution in [2.24, 2.45) is 0 Å². The van der Waals surface area contributed by atoms with Gasteiger partial charge in [-0.1, -0.05) is 32.6 Å². The summed E-state index contributed by atoms with van der Waals surface area (Å²) in [5.74, 6) is 2.69. The van der Waals surface area contributed by atoms with Gasteiger partial charge in [0, 0.05) is 24.0 Å². The summed E-state index contributed by atoms with van der Waals surface area (Å²) in [6, 6.07) is 10.7. The molecule has 1 aliphatic rings. The number of hydrogen-bond donors (Lipinski definition) is 1. The molecule has 5 nitrogen and oxygen atoms in total. The lowest BCUT2D eigenvalue weighted by molar-refractivity contribution is 0.309. The summed E-state index contributed by atoms with van der Waals surface area (Å²) in [6.07, 6.45) is 12.4. The molecule has 5 heteroatoms. The molecule has 142 valence electrons. The van der Waals surface area contributed by atoms with Crippen LogP contribution in [-0.2, 0) is 0 Å². The van der Waals surface area contributed by atoms with Crippen molar-refractivity contribution in [2.45, 2.75) is 57.9 Å². The number of imidazole rings is 1. The highest BCUT2D eigenvalue weighted by atomic mass is 16.5. The predicted molar refractivity (Wildman–Crippen MR) is 109 cm³/mol. The first kappa shape index (κ1) is 17.8. The number of rotatable bonds is 7. The number of aromatic nitrogens is 3. The number of nitrogens with zero attached hydrogens (tertiary/aromatic N) is 3. The van der Waals surface area contributed by atoms with Gasteiger partial charge in [-0.2, -0.15) is 0 Å². The molecule has 3 aromatic rings. The Morgan fingerprint density at radius 2 is 1.96 bits per heavy atom. The molecule has 0 radical (unpaired) electrons. The fraction of sp³-hybridized carbons (Fsp3) is 0.455. The molecule has 0 saturated heterocycles. The number of anilines is 1. The smallest absolute Gasteiger partial charge is 0.235 e. The Kier molecular flexibility index (Phi) is 5.56. The van der Waals surface area contributed by atoms with E-state index in [2.05, 4.69) is 33.8 Å². The molecule has 0 aliphatic heterocycles. The van der Waals surface area contributed by atoms with Crippen LogP contribution in [0.4, 0.5) is 5.82 Å². The molecule has 1 fully saturated rings. The largest absolute Gasteiger partial charge is 0.494 e. The molecule has 1 saturated carbocycles. The lowest BCUT2D eigenvalue weighted by atomic mass is 9.95. The van der Waals surface area contributed by atoms with E-state index in [-0.39, 0.29) is 0 Å². The standard InChI is InChI=1S/C22H28N4O/c1-2-3-16-27-19-12-10-17(11-13-19)20-21(24-18-8-5-4-6-9-18)26-15-7-14-23-22(26)25-20/h7,10-15,18,24H,2-6,8-9,16H2,1H3. The van der Waals surface area contributed by atoms with Gasteiger partial charge in [-0.05, 0) is 49.6 Å². The molecule has 0 amide bonds. The molecule has 27 heavy (non-hydrogen) atoms. The number of ether oxygens (including phenoxy) is 1. The molecule has 2 heterocycles. The first-order chi connectivity index (χ1) is 13.3. The third kappa shape index (κ3) is 4.07. The van der Waals surface area contributed by atoms with Crippen LogP contribution < -0.4 is 10.1 Å². The fourth-order valence-electron chi connectivity index (χ4n) is 3.71. The minimum atomic E-state index is 0.509. The molecular formula is C22H28N4O. The van der Waals surface area contributed by atoms with Crippen LogP contribution in [0, 0.1) is 0 Å². The molecule has 1 aromatic carbocycles. The Morgan fingerprint density at radius 1 is 1.15 bits per heavy atom. The van der Waals surface area contributed by atoms with Gasteiger partial charge >= 0.3 is 0 Å². The Labute approximate surface area is 160 Å². The van der Waals surface area contributed by atoms with Crippen molar-refractivity contribution >= 4 is 11.6 Å². The lowest BCUT2D eigenvalue weighted by Gasteiger charge is -2.24. The summed E-state index contributed by atoms with van der Waals surface area (Å²) < 4.78 is 7.86. The average molecular weight is 364 g/mol. The maximum absolute atomic E-state index is 5.79. The van der Waals surface area contributed by atoms with Gasteiger partial charge in [-0.25, -0.2) is 9.97 Å². The molecule has 0 spiro atoms. The first-order valence-electron chi connectivity index (χ1n) is 10.2. The van der Waals surface area contributed by atoms with Crippen molar-refractivity contribution in [3.63, 3.8) is 0 Å². The van der Waals surface area contributed by atoms with E-state index < -0.39 is 0 Å². The summed E-state index contributed by atoms with van der Waals surface area (Å²) in [5, 5.41) is 3.76. The minimum Gasteiger partial charge on any atom is -0.494 e. The molecule has 0 bridgehead atoms. The zero-order valence-corrected chi connectivity index (χ0v) is 16.0. The third-order valence-electron chi connectivity index (χ3n) is 5.24. The SMILES string of the molecule is CCCCOc1ccc(-c2nc3ncccn3c2NC2CCCCC2)cc1. The first-order valence-corrected chi connectivity index (χ1v) is 10.2. The second-order valence-electron chi connectivity index (χ2n) is 7.30. The number of benzene rings is 1. The van der Waals surface area contributed by atoms with Crippen LogP contribution in [0.3, 0.4) is 0 Å². The maximum atomic E-state index is 5.79. The van der Waals surface area contributed by atoms with E-state index in [0.717, 1.165) is 48.1 Å². The van der Waals surface area contributed by atoms with Gasteiger partial charge in [0.05, 0.1) is 6.61 Å². The van der Waals surface area contributed by atoms with Gasteiger partial charge in [0.2, 0.25) is 5.78 Å². The number of hydrogen-bond acceptors (Lipinski definition) is 4. The van der Waals surface area contributed by atoms with Crippen LogP contribution in [0.15, 0.2) is 42.7 Å². The van der Waals surface area contributed by atoms with E-state index >= 15 is 0 Å². The fourth-order valence-corrected chi connectivity index (χ4v) is 3.71. The third-order valence-corrected chi connectivity index (χ3v) is 5.24. The predicted octanol–water partition coefficient (Wildman–Crippen LogP) is 5.32. The zero-order chi connectivity index (χ0) is 18.5. The normalized spacial score (nSPS) is 15.1. The molecular weight excluding hydrogens is 336 g/mol. The van der Waals surface area contributed by atoms with Crippen LogP contribution in [0.2, 0.25) is 0 Å². The van der Waals surface area contributed by atoms with Gasteiger partial charge in [0.1, 0.15) is 17.3 Å². The number of fused-ring (bicyclic) bond motifs is 1. The molecule has 1 aliphatic carbocycles. The Hall–Kier alpha value is -2.56. The van der Waals surface area contributed by atoms with Gasteiger partial charge in [0.25, 0.3) is 0 Å². The molecule has 0 unspecified atom stereocenters. The van der Waals surface area contributed by atoms with Crippen LogP contribution in [0.1, 0.15) is 51.9 Å². The Morgan fingerprint density at radius 3 is 2.74 bits per heavy atom. The highest BCUT2D eigenvalue weighted by molar-refractivity contribution is 5.76. The second-order valence-corrected chi connectivity index (χ2v) is 7.30. The van der Waals surface area contributed by atoms with Crippen molar-refractivity contribution < 1.29 is 4.74 Å². The van der Waals surface area contributed by atoms with Gasteiger partial charge in [-0.3, -0.25) is 4.40 Å². The van der Waals surface area contributed by atoms with E-state index in [1.165, 1.54) is 32.1 Å². The van der Waals surface area contributed by atoms with E-state index in [0.29, 0.717) is 6.04 Å². The molecule has 0 atom stereocenters. The Bertz CT molecular complexity index is 866.